The number of halogens is 6. The van der Waals surface area contributed by atoms with Gasteiger partial charge in [0.1, 0.15) is 0 Å². The van der Waals surface area contributed by atoms with E-state index < -0.39 is 45.7 Å². The molecule has 0 aromatic heterocycles. The standard InChI is InChI=1S/C26H21F6N3O6/c1-39-23-12-15(2-6-22(23)41-21-7-3-16(25(27,28)29)13-20(21)35(37)38)24(36)33-17-4-5-19(18(14-17)26(30,31)32)34-8-10-40-11-9-34/h2-7,12-14H,8-11H2,1H3,(H,33,36). The number of benzene rings is 3. The quantitative estimate of drug-likeness (QED) is 0.191. The molecule has 0 aliphatic carbocycles. The Balaban J connectivity index is 1.57. The number of ether oxygens (including phenoxy) is 3. The van der Waals surface area contributed by atoms with Crippen LogP contribution in [0.3, 0.4) is 0 Å². The summed E-state index contributed by atoms with van der Waals surface area (Å²) in [6.45, 7) is 1.12. The zero-order valence-corrected chi connectivity index (χ0v) is 21.1. The second-order valence-electron chi connectivity index (χ2n) is 8.69. The number of carbonyl (C=O) groups excluding carboxylic acids is 1. The number of hydrogen-bond acceptors (Lipinski definition) is 7. The number of nitrogens with zero attached hydrogens (tertiary/aromatic N) is 2. The molecule has 1 heterocycles. The van der Waals surface area contributed by atoms with Gasteiger partial charge in [0, 0.05) is 36.1 Å². The van der Waals surface area contributed by atoms with Gasteiger partial charge in [-0.3, -0.25) is 14.9 Å². The van der Waals surface area contributed by atoms with Gasteiger partial charge in [0.05, 0.1) is 36.4 Å². The number of nitro benzene ring substituents is 1. The van der Waals surface area contributed by atoms with Crippen molar-refractivity contribution in [2.75, 3.05) is 43.6 Å². The molecule has 0 unspecified atom stereocenters. The zero-order chi connectivity index (χ0) is 29.9. The van der Waals surface area contributed by atoms with Crippen molar-refractivity contribution < 1.29 is 50.3 Å². The lowest BCUT2D eigenvalue weighted by Crippen LogP contribution is -2.37. The predicted molar refractivity (Wildman–Crippen MR) is 134 cm³/mol. The molecule has 9 nitrogen and oxygen atoms in total. The fourth-order valence-corrected chi connectivity index (χ4v) is 4.06. The van der Waals surface area contributed by atoms with E-state index in [4.69, 9.17) is 14.2 Å². The lowest BCUT2D eigenvalue weighted by Gasteiger charge is -2.31. The summed E-state index contributed by atoms with van der Waals surface area (Å²) in [7, 11) is 1.19. The van der Waals surface area contributed by atoms with E-state index >= 15 is 0 Å². The minimum Gasteiger partial charge on any atom is -0.493 e. The number of carbonyl (C=O) groups is 1. The highest BCUT2D eigenvalue weighted by molar-refractivity contribution is 6.04. The highest BCUT2D eigenvalue weighted by atomic mass is 19.4. The number of nitrogens with one attached hydrogen (secondary N) is 1. The van der Waals surface area contributed by atoms with E-state index in [1.165, 1.54) is 31.4 Å². The highest BCUT2D eigenvalue weighted by Crippen LogP contribution is 2.41. The van der Waals surface area contributed by atoms with Crippen LogP contribution in [0.25, 0.3) is 0 Å². The van der Waals surface area contributed by atoms with Crippen molar-refractivity contribution in [2.24, 2.45) is 0 Å². The summed E-state index contributed by atoms with van der Waals surface area (Å²) < 4.78 is 96.2. The number of hydrogen-bond donors (Lipinski definition) is 1. The second-order valence-corrected chi connectivity index (χ2v) is 8.69. The molecular formula is C26H21F6N3O6. The summed E-state index contributed by atoms with van der Waals surface area (Å²) in [5.74, 6) is -1.60. The summed E-state index contributed by atoms with van der Waals surface area (Å²) in [4.78, 5) is 24.7. The fraction of sp³-hybridized carbons (Fsp3) is 0.269. The third-order valence-electron chi connectivity index (χ3n) is 6.04. The summed E-state index contributed by atoms with van der Waals surface area (Å²) in [6.07, 6.45) is -9.52. The van der Waals surface area contributed by atoms with E-state index in [1.54, 1.807) is 4.90 Å². The summed E-state index contributed by atoms with van der Waals surface area (Å²) in [5.41, 5.74) is -3.37. The van der Waals surface area contributed by atoms with Crippen LogP contribution in [-0.4, -0.2) is 44.2 Å². The molecule has 1 fully saturated rings. The molecule has 0 radical (unpaired) electrons. The smallest absolute Gasteiger partial charge is 0.418 e. The minimum atomic E-state index is -4.82. The van der Waals surface area contributed by atoms with Crippen LogP contribution < -0.4 is 19.7 Å². The lowest BCUT2D eigenvalue weighted by molar-refractivity contribution is -0.385. The monoisotopic (exact) mass is 585 g/mol. The third kappa shape index (κ3) is 6.80. The Morgan fingerprint density at radius 2 is 1.61 bits per heavy atom. The maximum atomic E-state index is 13.8. The van der Waals surface area contributed by atoms with Crippen LogP contribution in [0.2, 0.25) is 0 Å². The number of alkyl halides is 6. The highest BCUT2D eigenvalue weighted by Gasteiger charge is 2.36. The Morgan fingerprint density at radius 1 is 0.927 bits per heavy atom. The van der Waals surface area contributed by atoms with E-state index in [0.717, 1.165) is 18.2 Å². The fourth-order valence-electron chi connectivity index (χ4n) is 4.06. The molecule has 41 heavy (non-hydrogen) atoms. The van der Waals surface area contributed by atoms with E-state index in [2.05, 4.69) is 5.32 Å². The Labute approximate surface area is 228 Å². The van der Waals surface area contributed by atoms with E-state index in [0.29, 0.717) is 12.1 Å². The van der Waals surface area contributed by atoms with Crippen LogP contribution in [-0.2, 0) is 17.1 Å². The van der Waals surface area contributed by atoms with Crippen molar-refractivity contribution in [3.8, 4) is 17.2 Å². The maximum Gasteiger partial charge on any atom is 0.418 e. The SMILES string of the molecule is COc1cc(C(=O)Nc2ccc(N3CCOCC3)c(C(F)(F)F)c2)ccc1Oc1ccc(C(F)(F)F)cc1[N+](=O)[O-]. The second kappa shape index (κ2) is 11.5. The van der Waals surface area contributed by atoms with Crippen LogP contribution in [0, 0.1) is 10.1 Å². The molecule has 3 aromatic carbocycles. The van der Waals surface area contributed by atoms with Gasteiger partial charge >= 0.3 is 18.0 Å². The molecule has 1 amide bonds. The normalized spacial score (nSPS) is 14.0. The Hall–Kier alpha value is -4.53. The van der Waals surface area contributed by atoms with Crippen molar-refractivity contribution in [1.29, 1.82) is 0 Å². The summed E-state index contributed by atoms with van der Waals surface area (Å²) in [6, 6.07) is 8.66. The molecule has 1 aliphatic heterocycles. The van der Waals surface area contributed by atoms with Crippen LogP contribution in [0.1, 0.15) is 21.5 Å². The Kier molecular flexibility index (Phi) is 8.28. The van der Waals surface area contributed by atoms with Crippen molar-refractivity contribution in [3.05, 3.63) is 81.4 Å². The van der Waals surface area contributed by atoms with Gasteiger partial charge in [0.15, 0.2) is 11.5 Å². The van der Waals surface area contributed by atoms with Crippen LogP contribution in [0.15, 0.2) is 54.6 Å². The van der Waals surface area contributed by atoms with Gasteiger partial charge in [-0.1, -0.05) is 0 Å². The molecule has 0 bridgehead atoms. The van der Waals surface area contributed by atoms with Crippen LogP contribution in [0.5, 0.6) is 17.2 Å². The Bertz CT molecular complexity index is 1450. The molecule has 1 aliphatic rings. The maximum absolute atomic E-state index is 13.8. The first-order chi connectivity index (χ1) is 19.3. The van der Waals surface area contributed by atoms with Gasteiger partial charge in [-0.25, -0.2) is 0 Å². The van der Waals surface area contributed by atoms with Crippen molar-refractivity contribution in [2.45, 2.75) is 12.4 Å². The van der Waals surface area contributed by atoms with Gasteiger partial charge in [-0.05, 0) is 48.5 Å². The van der Waals surface area contributed by atoms with Gasteiger partial charge < -0.3 is 24.4 Å². The average Bonchev–Trinajstić information content (AvgIpc) is 2.92. The van der Waals surface area contributed by atoms with Crippen LogP contribution >= 0.6 is 0 Å². The van der Waals surface area contributed by atoms with Crippen LogP contribution in [0.4, 0.5) is 43.4 Å². The lowest BCUT2D eigenvalue weighted by atomic mass is 10.1. The molecule has 1 N–H and O–H groups in total. The molecule has 0 atom stereocenters. The topological polar surface area (TPSA) is 103 Å². The number of amides is 1. The van der Waals surface area contributed by atoms with Crippen molar-refractivity contribution >= 4 is 23.0 Å². The molecule has 3 aromatic rings. The summed E-state index contributed by atoms with van der Waals surface area (Å²) in [5, 5.41) is 13.7. The first-order valence-corrected chi connectivity index (χ1v) is 11.8. The number of methoxy groups -OCH3 is 1. The Morgan fingerprint density at radius 3 is 2.22 bits per heavy atom. The van der Waals surface area contributed by atoms with Gasteiger partial charge in [0.25, 0.3) is 5.91 Å². The van der Waals surface area contributed by atoms with E-state index in [9.17, 15) is 41.3 Å². The molecule has 1 saturated heterocycles. The van der Waals surface area contributed by atoms with E-state index in [1.807, 2.05) is 0 Å². The number of morpholine rings is 1. The number of anilines is 2. The minimum absolute atomic E-state index is 0.0423. The molecule has 218 valence electrons. The zero-order valence-electron chi connectivity index (χ0n) is 21.1. The first-order valence-electron chi connectivity index (χ1n) is 11.8. The summed E-state index contributed by atoms with van der Waals surface area (Å²) >= 11 is 0. The van der Waals surface area contributed by atoms with Gasteiger partial charge in [0.2, 0.25) is 5.75 Å². The van der Waals surface area contributed by atoms with E-state index in [-0.39, 0.29) is 54.7 Å². The number of rotatable bonds is 7. The van der Waals surface area contributed by atoms with Crippen molar-refractivity contribution in [1.82, 2.24) is 0 Å². The largest absolute Gasteiger partial charge is 0.493 e. The molecule has 0 spiro atoms. The predicted octanol–water partition coefficient (Wildman–Crippen LogP) is 6.52. The van der Waals surface area contributed by atoms with Gasteiger partial charge in [-0.2, -0.15) is 26.3 Å². The molecule has 4 rings (SSSR count). The first kappa shape index (κ1) is 29.5. The molecule has 0 saturated carbocycles. The van der Waals surface area contributed by atoms with Gasteiger partial charge in [-0.15, -0.1) is 0 Å². The van der Waals surface area contributed by atoms with Crippen molar-refractivity contribution in [3.63, 3.8) is 0 Å². The molecule has 15 heteroatoms. The number of nitro groups is 1. The third-order valence-corrected chi connectivity index (χ3v) is 6.04. The average molecular weight is 585 g/mol. The molecular weight excluding hydrogens is 564 g/mol.